The topological polar surface area (TPSA) is 69.0 Å². The maximum absolute atomic E-state index is 5.88. The molecule has 1 unspecified atom stereocenters. The number of aryl methyl sites for hydroxylation is 1. The first-order valence-corrected chi connectivity index (χ1v) is 4.77. The van der Waals surface area contributed by atoms with E-state index in [9.17, 15) is 0 Å². The van der Waals surface area contributed by atoms with E-state index in [-0.39, 0.29) is 6.04 Å². The first-order valence-electron chi connectivity index (χ1n) is 4.40. The molecule has 5 nitrogen and oxygen atoms in total. The van der Waals surface area contributed by atoms with Crippen LogP contribution >= 0.6 is 11.6 Å². The van der Waals surface area contributed by atoms with Crippen molar-refractivity contribution < 1.29 is 4.42 Å². The molecule has 3 N–H and O–H groups in total. The molecule has 0 spiro atoms. The van der Waals surface area contributed by atoms with Gasteiger partial charge in [-0.1, -0.05) is 0 Å². The summed E-state index contributed by atoms with van der Waals surface area (Å²) in [4.78, 5) is 0. The number of nitrogens with two attached hydrogens (primary N) is 1. The van der Waals surface area contributed by atoms with Gasteiger partial charge in [0, 0.05) is 24.4 Å². The molecule has 1 atom stereocenters. The van der Waals surface area contributed by atoms with Crippen molar-refractivity contribution in [3.63, 3.8) is 0 Å². The predicted molar refractivity (Wildman–Crippen MR) is 56.1 cm³/mol. The first kappa shape index (κ1) is 10.2. The van der Waals surface area contributed by atoms with Gasteiger partial charge in [0.1, 0.15) is 0 Å². The highest BCUT2D eigenvalue weighted by Gasteiger charge is 2.18. The Bertz CT molecular complexity index is 450. The molecular weight excluding hydrogens is 216 g/mol. The number of rotatable bonds is 3. The lowest BCUT2D eigenvalue weighted by Gasteiger charge is -2.12. The van der Waals surface area contributed by atoms with Crippen molar-refractivity contribution in [2.45, 2.75) is 6.04 Å². The third kappa shape index (κ3) is 1.90. The van der Waals surface area contributed by atoms with Crippen LogP contribution in [-0.2, 0) is 7.05 Å². The minimum absolute atomic E-state index is 0.204. The highest BCUT2D eigenvalue weighted by molar-refractivity contribution is 6.29. The zero-order chi connectivity index (χ0) is 10.8. The molecule has 0 saturated heterocycles. The fourth-order valence-electron chi connectivity index (χ4n) is 1.47. The van der Waals surface area contributed by atoms with Crippen LogP contribution < -0.4 is 11.3 Å². The average molecular weight is 227 g/mol. The summed E-state index contributed by atoms with van der Waals surface area (Å²) in [6, 6.07) is 1.57. The molecule has 0 fully saturated rings. The average Bonchev–Trinajstić information content (AvgIpc) is 2.79. The summed E-state index contributed by atoms with van der Waals surface area (Å²) in [6.07, 6.45) is 5.13. The number of halogens is 1. The molecule has 0 aliphatic rings. The SMILES string of the molecule is Cn1cc(C(NN)c2ccoc2Cl)cn1. The fraction of sp³-hybridized carbons (Fsp3) is 0.222. The van der Waals surface area contributed by atoms with Crippen LogP contribution in [0.5, 0.6) is 0 Å². The molecule has 2 aromatic heterocycles. The van der Waals surface area contributed by atoms with Crippen LogP contribution in [0.2, 0.25) is 5.22 Å². The molecule has 0 aromatic carbocycles. The van der Waals surface area contributed by atoms with Gasteiger partial charge in [0.15, 0.2) is 5.22 Å². The molecule has 0 aliphatic heterocycles. The van der Waals surface area contributed by atoms with E-state index in [2.05, 4.69) is 10.5 Å². The summed E-state index contributed by atoms with van der Waals surface area (Å²) in [6.45, 7) is 0. The molecule has 6 heteroatoms. The Morgan fingerprint density at radius 2 is 2.47 bits per heavy atom. The third-order valence-corrected chi connectivity index (χ3v) is 2.49. The lowest BCUT2D eigenvalue weighted by atomic mass is 10.1. The Hall–Kier alpha value is -1.30. The van der Waals surface area contributed by atoms with Crippen molar-refractivity contribution in [2.75, 3.05) is 0 Å². The molecule has 0 bridgehead atoms. The standard InChI is InChI=1S/C9H11ClN4O/c1-14-5-6(4-12-14)8(13-11)7-2-3-15-9(7)10/h2-5,8,13H,11H2,1H3. The monoisotopic (exact) mass is 226 g/mol. The summed E-state index contributed by atoms with van der Waals surface area (Å²) in [5, 5.41) is 4.41. The largest absolute Gasteiger partial charge is 0.453 e. The zero-order valence-corrected chi connectivity index (χ0v) is 8.90. The Balaban J connectivity index is 2.36. The van der Waals surface area contributed by atoms with Gasteiger partial charge < -0.3 is 4.42 Å². The highest BCUT2D eigenvalue weighted by Crippen LogP contribution is 2.28. The van der Waals surface area contributed by atoms with Crippen LogP contribution in [0, 0.1) is 0 Å². The predicted octanol–water partition coefficient (Wildman–Crippen LogP) is 1.22. The van der Waals surface area contributed by atoms with Crippen molar-refractivity contribution in [3.8, 4) is 0 Å². The molecule has 0 aliphatic carbocycles. The molecule has 0 saturated carbocycles. The Kier molecular flexibility index (Phi) is 2.77. The van der Waals surface area contributed by atoms with Gasteiger partial charge in [-0.15, -0.1) is 0 Å². The lowest BCUT2D eigenvalue weighted by Crippen LogP contribution is -2.28. The second-order valence-corrected chi connectivity index (χ2v) is 3.54. The van der Waals surface area contributed by atoms with E-state index in [1.807, 2.05) is 13.2 Å². The second kappa shape index (κ2) is 4.06. The molecule has 0 radical (unpaired) electrons. The minimum atomic E-state index is -0.204. The Morgan fingerprint density at radius 1 is 1.67 bits per heavy atom. The molecule has 0 amide bonds. The second-order valence-electron chi connectivity index (χ2n) is 3.20. The van der Waals surface area contributed by atoms with E-state index < -0.39 is 0 Å². The van der Waals surface area contributed by atoms with Crippen LogP contribution in [0.3, 0.4) is 0 Å². The number of nitrogens with one attached hydrogen (secondary N) is 1. The summed E-state index contributed by atoms with van der Waals surface area (Å²) in [7, 11) is 1.84. The van der Waals surface area contributed by atoms with E-state index >= 15 is 0 Å². The van der Waals surface area contributed by atoms with Crippen LogP contribution in [0.15, 0.2) is 29.1 Å². The van der Waals surface area contributed by atoms with Gasteiger partial charge in [0.25, 0.3) is 0 Å². The van der Waals surface area contributed by atoms with Crippen molar-refractivity contribution in [1.82, 2.24) is 15.2 Å². The molecule has 15 heavy (non-hydrogen) atoms. The van der Waals surface area contributed by atoms with Crippen molar-refractivity contribution >= 4 is 11.6 Å². The van der Waals surface area contributed by atoms with Gasteiger partial charge in [0.05, 0.1) is 18.5 Å². The van der Waals surface area contributed by atoms with Crippen molar-refractivity contribution in [1.29, 1.82) is 0 Å². The highest BCUT2D eigenvalue weighted by atomic mass is 35.5. The Morgan fingerprint density at radius 3 is 2.93 bits per heavy atom. The molecular formula is C9H11ClN4O. The van der Waals surface area contributed by atoms with Crippen LogP contribution in [0.4, 0.5) is 0 Å². The summed E-state index contributed by atoms with van der Waals surface area (Å²) >= 11 is 5.88. The smallest absolute Gasteiger partial charge is 0.198 e. The normalized spacial score (nSPS) is 13.0. The van der Waals surface area contributed by atoms with Crippen LogP contribution in [-0.4, -0.2) is 9.78 Å². The summed E-state index contributed by atoms with van der Waals surface area (Å²) in [5.74, 6) is 5.49. The van der Waals surface area contributed by atoms with Gasteiger partial charge in [-0.2, -0.15) is 5.10 Å². The van der Waals surface area contributed by atoms with Gasteiger partial charge in [-0.25, -0.2) is 5.43 Å². The summed E-state index contributed by atoms with van der Waals surface area (Å²) < 4.78 is 6.72. The maximum atomic E-state index is 5.88. The zero-order valence-electron chi connectivity index (χ0n) is 8.14. The maximum Gasteiger partial charge on any atom is 0.198 e. The molecule has 2 aromatic rings. The number of aromatic nitrogens is 2. The first-order chi connectivity index (χ1) is 7.22. The minimum Gasteiger partial charge on any atom is -0.453 e. The van der Waals surface area contributed by atoms with Gasteiger partial charge in [-0.05, 0) is 17.7 Å². The van der Waals surface area contributed by atoms with Gasteiger partial charge in [0.2, 0.25) is 0 Å². The fourth-order valence-corrected chi connectivity index (χ4v) is 1.69. The number of furan rings is 1. The molecule has 80 valence electrons. The van der Waals surface area contributed by atoms with Crippen LogP contribution in [0.1, 0.15) is 17.2 Å². The lowest BCUT2D eigenvalue weighted by molar-refractivity contribution is 0.555. The third-order valence-electron chi connectivity index (χ3n) is 2.18. The van der Waals surface area contributed by atoms with Crippen molar-refractivity contribution in [2.24, 2.45) is 12.9 Å². The van der Waals surface area contributed by atoms with Gasteiger partial charge in [-0.3, -0.25) is 10.5 Å². The van der Waals surface area contributed by atoms with Crippen LogP contribution in [0.25, 0.3) is 0 Å². The molecule has 2 heterocycles. The van der Waals surface area contributed by atoms with Gasteiger partial charge >= 0.3 is 0 Å². The number of hydrogen-bond acceptors (Lipinski definition) is 4. The molecule has 2 rings (SSSR count). The summed E-state index contributed by atoms with van der Waals surface area (Å²) in [5.41, 5.74) is 4.41. The van der Waals surface area contributed by atoms with E-state index in [0.717, 1.165) is 11.1 Å². The van der Waals surface area contributed by atoms with E-state index in [4.69, 9.17) is 21.9 Å². The quantitative estimate of drug-likeness (QED) is 0.610. The number of hydrogen-bond donors (Lipinski definition) is 2. The number of nitrogens with zero attached hydrogens (tertiary/aromatic N) is 2. The van der Waals surface area contributed by atoms with E-state index in [1.165, 1.54) is 6.26 Å². The van der Waals surface area contributed by atoms with E-state index in [0.29, 0.717) is 5.22 Å². The Labute approximate surface area is 91.8 Å². The number of hydrazine groups is 1. The van der Waals surface area contributed by atoms with Crippen molar-refractivity contribution in [3.05, 3.63) is 41.1 Å². The van der Waals surface area contributed by atoms with E-state index in [1.54, 1.807) is 16.9 Å².